The first-order valence-corrected chi connectivity index (χ1v) is 10.4. The maximum Gasteiger partial charge on any atom is 0.416 e. The van der Waals surface area contributed by atoms with Crippen molar-refractivity contribution in [2.24, 2.45) is 0 Å². The first kappa shape index (κ1) is 21.4. The van der Waals surface area contributed by atoms with Crippen molar-refractivity contribution >= 4 is 17.4 Å². The van der Waals surface area contributed by atoms with E-state index in [0.717, 1.165) is 29.2 Å². The molecule has 2 aromatic heterocycles. The highest BCUT2D eigenvalue weighted by molar-refractivity contribution is 7.07. The van der Waals surface area contributed by atoms with Gasteiger partial charge in [-0.3, -0.25) is 9.78 Å². The van der Waals surface area contributed by atoms with E-state index >= 15 is 0 Å². The monoisotopic (exact) mass is 448 g/mol. The molecule has 0 spiro atoms. The number of rotatable bonds is 4. The molecule has 0 N–H and O–H groups in total. The number of ether oxygens (including phenoxy) is 1. The molecule has 1 amide bonds. The van der Waals surface area contributed by atoms with Crippen LogP contribution in [0.1, 0.15) is 43.9 Å². The highest BCUT2D eigenvalue weighted by Crippen LogP contribution is 2.30. The van der Waals surface area contributed by atoms with Crippen LogP contribution in [-0.4, -0.2) is 45.1 Å². The Labute approximate surface area is 180 Å². The first-order chi connectivity index (χ1) is 14.8. The summed E-state index contributed by atoms with van der Waals surface area (Å²) in [4.78, 5) is 19.4. The predicted octanol–water partition coefficient (Wildman–Crippen LogP) is 4.06. The van der Waals surface area contributed by atoms with E-state index in [1.807, 2.05) is 6.07 Å². The Morgan fingerprint density at radius 1 is 1.26 bits per heavy atom. The number of benzene rings is 1. The smallest absolute Gasteiger partial charge is 0.368 e. The van der Waals surface area contributed by atoms with E-state index in [2.05, 4.69) is 14.6 Å². The molecule has 162 valence electrons. The van der Waals surface area contributed by atoms with Gasteiger partial charge in [-0.15, -0.1) is 5.10 Å². The number of aromatic nitrogens is 3. The third-order valence-electron chi connectivity index (χ3n) is 5.04. The van der Waals surface area contributed by atoms with E-state index in [1.54, 1.807) is 30.2 Å². The third-order valence-corrected chi connectivity index (χ3v) is 5.86. The highest BCUT2D eigenvalue weighted by Gasteiger charge is 2.31. The zero-order valence-corrected chi connectivity index (χ0v) is 17.4. The molecule has 6 nitrogen and oxygen atoms in total. The molecule has 0 radical (unpaired) electrons. The molecular weight excluding hydrogens is 429 g/mol. The lowest BCUT2D eigenvalue weighted by Gasteiger charge is -2.32. The van der Waals surface area contributed by atoms with Crippen LogP contribution in [0.25, 0.3) is 0 Å². The van der Waals surface area contributed by atoms with Gasteiger partial charge in [0, 0.05) is 12.7 Å². The Bertz CT molecular complexity index is 1070. The fraction of sp³-hybridized carbons (Fsp3) is 0.333. The van der Waals surface area contributed by atoms with Crippen molar-refractivity contribution in [3.63, 3.8) is 0 Å². The summed E-state index contributed by atoms with van der Waals surface area (Å²) in [6, 6.07) is 8.89. The molecule has 0 saturated carbocycles. The molecule has 1 aromatic carbocycles. The van der Waals surface area contributed by atoms with Crippen LogP contribution in [0, 0.1) is 6.92 Å². The summed E-state index contributed by atoms with van der Waals surface area (Å²) in [6.45, 7) is 2.96. The van der Waals surface area contributed by atoms with Gasteiger partial charge in [-0.2, -0.15) is 13.2 Å². The molecule has 4 rings (SSSR count). The van der Waals surface area contributed by atoms with Gasteiger partial charge in [0.05, 0.1) is 30.1 Å². The molecule has 3 heterocycles. The molecule has 31 heavy (non-hydrogen) atoms. The van der Waals surface area contributed by atoms with Gasteiger partial charge in [-0.1, -0.05) is 28.8 Å². The average Bonchev–Trinajstić information content (AvgIpc) is 3.19. The molecule has 1 saturated heterocycles. The Morgan fingerprint density at radius 3 is 2.77 bits per heavy atom. The Hall–Kier alpha value is -2.85. The van der Waals surface area contributed by atoms with Gasteiger partial charge in [0.1, 0.15) is 11.0 Å². The summed E-state index contributed by atoms with van der Waals surface area (Å²) in [5.74, 6) is -0.123. The maximum absolute atomic E-state index is 12.9. The normalized spacial score (nSPS) is 17.0. The van der Waals surface area contributed by atoms with Crippen LogP contribution in [0.5, 0.6) is 0 Å². The van der Waals surface area contributed by atoms with Gasteiger partial charge < -0.3 is 9.64 Å². The Kier molecular flexibility index (Phi) is 6.01. The molecule has 1 aliphatic rings. The van der Waals surface area contributed by atoms with Crippen molar-refractivity contribution in [2.75, 3.05) is 19.7 Å². The van der Waals surface area contributed by atoms with Crippen molar-refractivity contribution in [2.45, 2.75) is 25.6 Å². The number of morpholine rings is 1. The van der Waals surface area contributed by atoms with E-state index in [4.69, 9.17) is 4.74 Å². The van der Waals surface area contributed by atoms with E-state index < -0.39 is 11.7 Å². The fourth-order valence-electron chi connectivity index (χ4n) is 3.41. The summed E-state index contributed by atoms with van der Waals surface area (Å²) < 4.78 is 48.3. The number of aryl methyl sites for hydroxylation is 1. The third kappa shape index (κ3) is 4.91. The molecule has 1 unspecified atom stereocenters. The van der Waals surface area contributed by atoms with Gasteiger partial charge in [-0.05, 0) is 48.1 Å². The van der Waals surface area contributed by atoms with Crippen LogP contribution in [0.2, 0.25) is 0 Å². The van der Waals surface area contributed by atoms with Gasteiger partial charge in [0.15, 0.2) is 0 Å². The number of carbonyl (C=O) groups is 1. The summed E-state index contributed by atoms with van der Waals surface area (Å²) >= 11 is 1.07. The molecule has 0 bridgehead atoms. The topological polar surface area (TPSA) is 68.2 Å². The van der Waals surface area contributed by atoms with Gasteiger partial charge in [0.2, 0.25) is 0 Å². The number of nitrogens with zero attached hydrogens (tertiary/aromatic N) is 4. The number of hydrogen-bond acceptors (Lipinski definition) is 6. The second-order valence-electron chi connectivity index (χ2n) is 7.26. The lowest BCUT2D eigenvalue weighted by atomic mass is 10.0. The Morgan fingerprint density at radius 2 is 2.10 bits per heavy atom. The first-order valence-electron chi connectivity index (χ1n) is 9.62. The van der Waals surface area contributed by atoms with E-state index in [9.17, 15) is 18.0 Å². The number of pyridine rings is 1. The zero-order chi connectivity index (χ0) is 22.0. The minimum atomic E-state index is -4.37. The summed E-state index contributed by atoms with van der Waals surface area (Å²) in [5, 5.41) is 3.89. The lowest BCUT2D eigenvalue weighted by Crippen LogP contribution is -2.42. The quantitative estimate of drug-likeness (QED) is 0.602. The van der Waals surface area contributed by atoms with Crippen molar-refractivity contribution in [1.29, 1.82) is 0 Å². The van der Waals surface area contributed by atoms with Crippen LogP contribution in [-0.2, 0) is 17.3 Å². The van der Waals surface area contributed by atoms with Crippen molar-refractivity contribution < 1.29 is 22.7 Å². The number of halogens is 3. The van der Waals surface area contributed by atoms with E-state index in [0.29, 0.717) is 47.9 Å². The van der Waals surface area contributed by atoms with Crippen LogP contribution in [0.3, 0.4) is 0 Å². The van der Waals surface area contributed by atoms with E-state index in [-0.39, 0.29) is 12.0 Å². The summed E-state index contributed by atoms with van der Waals surface area (Å²) in [6.07, 6.45) is -2.77. The van der Waals surface area contributed by atoms with Crippen molar-refractivity contribution in [3.05, 3.63) is 75.6 Å². The SMILES string of the molecule is Cc1nnsc1C(=O)N1CCOC(c2ccc(Cc3cccc(C(F)(F)F)c3)cn2)C1. The van der Waals surface area contributed by atoms with E-state index in [1.165, 1.54) is 6.07 Å². The molecule has 3 aromatic rings. The minimum Gasteiger partial charge on any atom is -0.368 e. The molecule has 1 aliphatic heterocycles. The molecular formula is C21H19F3N4O2S. The average molecular weight is 448 g/mol. The molecule has 1 atom stereocenters. The summed E-state index contributed by atoms with van der Waals surface area (Å²) in [5.41, 5.74) is 1.96. The second-order valence-corrected chi connectivity index (χ2v) is 8.02. The van der Waals surface area contributed by atoms with Crippen molar-refractivity contribution in [1.82, 2.24) is 19.5 Å². The highest BCUT2D eigenvalue weighted by atomic mass is 32.1. The van der Waals surface area contributed by atoms with Gasteiger partial charge >= 0.3 is 6.18 Å². The molecule has 1 fully saturated rings. The molecule has 10 heteroatoms. The van der Waals surface area contributed by atoms with Crippen molar-refractivity contribution in [3.8, 4) is 0 Å². The largest absolute Gasteiger partial charge is 0.416 e. The number of amides is 1. The second kappa shape index (κ2) is 8.72. The van der Waals surface area contributed by atoms with Crippen LogP contribution in [0.4, 0.5) is 13.2 Å². The number of carbonyl (C=O) groups excluding carboxylic acids is 1. The number of hydrogen-bond donors (Lipinski definition) is 0. The van der Waals surface area contributed by atoms with Crippen LogP contribution >= 0.6 is 11.5 Å². The van der Waals surface area contributed by atoms with Gasteiger partial charge in [0.25, 0.3) is 5.91 Å². The number of alkyl halides is 3. The summed E-state index contributed by atoms with van der Waals surface area (Å²) in [7, 11) is 0. The Balaban J connectivity index is 1.43. The minimum absolute atomic E-state index is 0.123. The zero-order valence-electron chi connectivity index (χ0n) is 16.6. The standard InChI is InChI=1S/C21H19F3N4O2S/c1-13-19(31-27-26-13)20(29)28-7-8-30-18(12-28)17-6-5-15(11-25-17)9-14-3-2-4-16(10-14)21(22,23)24/h2-6,10-11,18H,7-9,12H2,1H3. The lowest BCUT2D eigenvalue weighted by molar-refractivity contribution is -0.137. The fourth-order valence-corrected chi connectivity index (χ4v) is 4.03. The van der Waals surface area contributed by atoms with Gasteiger partial charge in [-0.25, -0.2) is 0 Å². The molecule has 0 aliphatic carbocycles. The van der Waals surface area contributed by atoms with Crippen LogP contribution < -0.4 is 0 Å². The van der Waals surface area contributed by atoms with Crippen LogP contribution in [0.15, 0.2) is 42.6 Å². The maximum atomic E-state index is 12.9. The predicted molar refractivity (Wildman–Crippen MR) is 108 cm³/mol.